The van der Waals surface area contributed by atoms with Crippen molar-refractivity contribution in [1.29, 1.82) is 0 Å². The lowest BCUT2D eigenvalue weighted by atomic mass is 10.2. The molecule has 0 fully saturated rings. The molecule has 0 aliphatic carbocycles. The van der Waals surface area contributed by atoms with E-state index in [1.54, 1.807) is 30.6 Å². The van der Waals surface area contributed by atoms with Crippen molar-refractivity contribution in [3.63, 3.8) is 0 Å². The molecule has 1 aromatic carbocycles. The molecule has 1 N–H and O–H groups in total. The molecule has 0 saturated heterocycles. The maximum absolute atomic E-state index is 12.5. The number of nitrogens with zero attached hydrogens (tertiary/aromatic N) is 2. The molecule has 23 heavy (non-hydrogen) atoms. The van der Waals surface area contributed by atoms with Gasteiger partial charge in [-0.25, -0.2) is 0 Å². The van der Waals surface area contributed by atoms with E-state index >= 15 is 0 Å². The van der Waals surface area contributed by atoms with Crippen LogP contribution in [-0.4, -0.2) is 15.5 Å². The van der Waals surface area contributed by atoms with Crippen LogP contribution in [0.3, 0.4) is 0 Å². The molecule has 0 bridgehead atoms. The van der Waals surface area contributed by atoms with E-state index in [9.17, 15) is 9.59 Å². The molecule has 5 nitrogen and oxygen atoms in total. The summed E-state index contributed by atoms with van der Waals surface area (Å²) in [6.07, 6.45) is 4.82. The summed E-state index contributed by atoms with van der Waals surface area (Å²) in [5.74, 6) is -0.439. The Labute approximate surface area is 133 Å². The first-order valence-corrected chi connectivity index (χ1v) is 7.19. The molecular weight excluding hydrogens is 290 g/mol. The van der Waals surface area contributed by atoms with Crippen molar-refractivity contribution in [2.24, 2.45) is 0 Å². The number of hydrogen-bond acceptors (Lipinski definition) is 3. The molecule has 0 unspecified atom stereocenters. The van der Waals surface area contributed by atoms with Gasteiger partial charge in [0.25, 0.3) is 11.5 Å². The Balaban J connectivity index is 1.85. The number of aromatic nitrogens is 2. The summed E-state index contributed by atoms with van der Waals surface area (Å²) in [6.45, 7) is 0.424. The largest absolute Gasteiger partial charge is 0.320 e. The van der Waals surface area contributed by atoms with Crippen molar-refractivity contribution in [3.8, 4) is 0 Å². The molecule has 2 aromatic heterocycles. The van der Waals surface area contributed by atoms with E-state index in [1.165, 1.54) is 16.8 Å². The molecule has 2 heterocycles. The number of anilines is 1. The summed E-state index contributed by atoms with van der Waals surface area (Å²) in [5.41, 5.74) is 1.33. The Morgan fingerprint density at radius 2 is 1.87 bits per heavy atom. The molecule has 0 saturated carbocycles. The van der Waals surface area contributed by atoms with Crippen molar-refractivity contribution in [3.05, 3.63) is 94.7 Å². The lowest BCUT2D eigenvalue weighted by molar-refractivity contribution is 0.102. The lowest BCUT2D eigenvalue weighted by Crippen LogP contribution is -2.29. The van der Waals surface area contributed by atoms with Gasteiger partial charge in [-0.05, 0) is 29.8 Å². The minimum Gasteiger partial charge on any atom is -0.320 e. The van der Waals surface area contributed by atoms with Gasteiger partial charge in [-0.15, -0.1) is 0 Å². The van der Waals surface area contributed by atoms with Gasteiger partial charge >= 0.3 is 0 Å². The van der Waals surface area contributed by atoms with Crippen LogP contribution in [0.2, 0.25) is 0 Å². The zero-order valence-corrected chi connectivity index (χ0v) is 12.3. The molecule has 0 spiro atoms. The SMILES string of the molecule is O=C(Nc1cccnc1)c1cccn(Cc2ccccc2)c1=O. The normalized spacial score (nSPS) is 10.3. The summed E-state index contributed by atoms with van der Waals surface area (Å²) in [7, 11) is 0. The first-order valence-electron chi connectivity index (χ1n) is 7.19. The number of carbonyl (C=O) groups excluding carboxylic acids is 1. The molecule has 0 aliphatic heterocycles. The minimum atomic E-state index is -0.439. The van der Waals surface area contributed by atoms with E-state index < -0.39 is 5.91 Å². The Morgan fingerprint density at radius 3 is 2.61 bits per heavy atom. The second-order valence-corrected chi connectivity index (χ2v) is 5.04. The van der Waals surface area contributed by atoms with Crippen LogP contribution < -0.4 is 10.9 Å². The van der Waals surface area contributed by atoms with E-state index in [-0.39, 0.29) is 11.1 Å². The van der Waals surface area contributed by atoms with Crippen molar-refractivity contribution in [2.75, 3.05) is 5.32 Å². The van der Waals surface area contributed by atoms with Gasteiger partial charge in [0, 0.05) is 12.4 Å². The lowest BCUT2D eigenvalue weighted by Gasteiger charge is -2.09. The Kier molecular flexibility index (Phi) is 4.29. The van der Waals surface area contributed by atoms with Gasteiger partial charge in [-0.1, -0.05) is 30.3 Å². The zero-order valence-electron chi connectivity index (χ0n) is 12.3. The molecule has 5 heteroatoms. The van der Waals surface area contributed by atoms with E-state index in [0.29, 0.717) is 12.2 Å². The fourth-order valence-electron chi connectivity index (χ4n) is 2.25. The number of pyridine rings is 2. The van der Waals surface area contributed by atoms with Crippen molar-refractivity contribution in [2.45, 2.75) is 6.54 Å². The fourth-order valence-corrected chi connectivity index (χ4v) is 2.25. The van der Waals surface area contributed by atoms with Gasteiger partial charge in [-0.3, -0.25) is 14.6 Å². The van der Waals surface area contributed by atoms with E-state index in [2.05, 4.69) is 10.3 Å². The molecular formula is C18H15N3O2. The molecule has 1 amide bonds. The number of rotatable bonds is 4. The molecule has 0 atom stereocenters. The number of carbonyl (C=O) groups is 1. The number of benzene rings is 1. The van der Waals surface area contributed by atoms with Crippen molar-refractivity contribution in [1.82, 2.24) is 9.55 Å². The maximum atomic E-state index is 12.5. The molecule has 3 aromatic rings. The highest BCUT2D eigenvalue weighted by Gasteiger charge is 2.12. The van der Waals surface area contributed by atoms with Crippen LogP contribution in [0.1, 0.15) is 15.9 Å². The van der Waals surface area contributed by atoms with Crippen LogP contribution in [0.5, 0.6) is 0 Å². The van der Waals surface area contributed by atoms with Crippen LogP contribution in [0.15, 0.2) is 78.0 Å². The van der Waals surface area contributed by atoms with Gasteiger partial charge in [0.2, 0.25) is 0 Å². The predicted octanol–water partition coefficient (Wildman–Crippen LogP) is 2.54. The van der Waals surface area contributed by atoms with Gasteiger partial charge in [0.15, 0.2) is 0 Å². The zero-order chi connectivity index (χ0) is 16.1. The highest BCUT2D eigenvalue weighted by atomic mass is 16.2. The smallest absolute Gasteiger partial charge is 0.263 e. The number of nitrogens with one attached hydrogen (secondary N) is 1. The summed E-state index contributed by atoms with van der Waals surface area (Å²) in [5, 5.41) is 2.68. The monoisotopic (exact) mass is 305 g/mol. The standard InChI is InChI=1S/C18H15N3O2/c22-17(20-15-8-4-10-19-12-15)16-9-5-11-21(18(16)23)13-14-6-2-1-3-7-14/h1-12H,13H2,(H,20,22). The Bertz CT molecular complexity index is 858. The van der Waals surface area contributed by atoms with E-state index in [0.717, 1.165) is 5.56 Å². The van der Waals surface area contributed by atoms with Gasteiger partial charge in [-0.2, -0.15) is 0 Å². The third kappa shape index (κ3) is 3.52. The quantitative estimate of drug-likeness (QED) is 0.805. The van der Waals surface area contributed by atoms with Crippen LogP contribution in [0, 0.1) is 0 Å². The minimum absolute atomic E-state index is 0.104. The maximum Gasteiger partial charge on any atom is 0.263 e. The molecule has 0 aliphatic rings. The molecule has 3 rings (SSSR count). The molecule has 0 radical (unpaired) electrons. The van der Waals surface area contributed by atoms with Crippen LogP contribution >= 0.6 is 0 Å². The topological polar surface area (TPSA) is 64.0 Å². The number of hydrogen-bond donors (Lipinski definition) is 1. The predicted molar refractivity (Wildman–Crippen MR) is 88.4 cm³/mol. The highest BCUT2D eigenvalue weighted by Crippen LogP contribution is 2.06. The van der Waals surface area contributed by atoms with Crippen LogP contribution in [-0.2, 0) is 6.54 Å². The Hall–Kier alpha value is -3.21. The highest BCUT2D eigenvalue weighted by molar-refractivity contribution is 6.03. The number of amides is 1. The fraction of sp³-hybridized carbons (Fsp3) is 0.0556. The third-order valence-electron chi connectivity index (χ3n) is 3.38. The van der Waals surface area contributed by atoms with Crippen LogP contribution in [0.25, 0.3) is 0 Å². The van der Waals surface area contributed by atoms with Gasteiger partial charge in [0.05, 0.1) is 18.4 Å². The average Bonchev–Trinajstić information content (AvgIpc) is 2.58. The molecule has 114 valence electrons. The first kappa shape index (κ1) is 14.7. The summed E-state index contributed by atoms with van der Waals surface area (Å²) in [6, 6.07) is 16.3. The Morgan fingerprint density at radius 1 is 1.04 bits per heavy atom. The van der Waals surface area contributed by atoms with Crippen molar-refractivity contribution < 1.29 is 4.79 Å². The third-order valence-corrected chi connectivity index (χ3v) is 3.38. The summed E-state index contributed by atoms with van der Waals surface area (Å²) < 4.78 is 1.52. The van der Waals surface area contributed by atoms with Gasteiger partial charge < -0.3 is 9.88 Å². The summed E-state index contributed by atoms with van der Waals surface area (Å²) in [4.78, 5) is 28.7. The van der Waals surface area contributed by atoms with E-state index in [4.69, 9.17) is 0 Å². The second kappa shape index (κ2) is 6.70. The first-order chi connectivity index (χ1) is 11.2. The van der Waals surface area contributed by atoms with Gasteiger partial charge in [0.1, 0.15) is 5.56 Å². The average molecular weight is 305 g/mol. The van der Waals surface area contributed by atoms with E-state index in [1.807, 2.05) is 30.3 Å². The second-order valence-electron chi connectivity index (χ2n) is 5.04. The summed E-state index contributed by atoms with van der Waals surface area (Å²) >= 11 is 0. The van der Waals surface area contributed by atoms with Crippen molar-refractivity contribution >= 4 is 11.6 Å². The van der Waals surface area contributed by atoms with Crippen LogP contribution in [0.4, 0.5) is 5.69 Å².